The van der Waals surface area contributed by atoms with Crippen molar-refractivity contribution in [3.8, 4) is 0 Å². The molecule has 0 saturated carbocycles. The number of aliphatic hydroxyl groups is 1. The Hall–Kier alpha value is -1.04. The van der Waals surface area contributed by atoms with E-state index in [1.165, 1.54) is 6.07 Å². The second-order valence-electron chi connectivity index (χ2n) is 4.97. The van der Waals surface area contributed by atoms with Crippen LogP contribution in [0, 0.1) is 11.6 Å². The van der Waals surface area contributed by atoms with Gasteiger partial charge in [0, 0.05) is 19.7 Å². The average Bonchev–Trinajstić information content (AvgIpc) is 2.28. The van der Waals surface area contributed by atoms with Gasteiger partial charge in [0.2, 0.25) is 0 Å². The number of aliphatic hydroxyl groups excluding tert-OH is 1. The molecule has 19 heavy (non-hydrogen) atoms. The molecule has 1 atom stereocenters. The molecule has 1 rings (SSSR count). The minimum Gasteiger partial charge on any atom is -0.387 e. The lowest BCUT2D eigenvalue weighted by atomic mass is 10.1. The van der Waals surface area contributed by atoms with Crippen LogP contribution in [0.1, 0.15) is 32.4 Å². The lowest BCUT2D eigenvalue weighted by Crippen LogP contribution is -2.39. The third-order valence-electron chi connectivity index (χ3n) is 2.76. The van der Waals surface area contributed by atoms with Gasteiger partial charge in [0.05, 0.1) is 17.3 Å². The molecule has 0 fully saturated rings. The maximum absolute atomic E-state index is 13.4. The Balaban J connectivity index is 2.54. The number of ether oxygens (including phenoxy) is 1. The van der Waals surface area contributed by atoms with Gasteiger partial charge in [0.15, 0.2) is 0 Å². The molecule has 0 radical (unpaired) electrons. The fourth-order valence-electron chi connectivity index (χ4n) is 1.88. The average molecular weight is 273 g/mol. The van der Waals surface area contributed by atoms with Crippen LogP contribution in [0.3, 0.4) is 0 Å². The molecule has 1 unspecified atom stereocenters. The second kappa shape index (κ2) is 6.93. The zero-order chi connectivity index (χ0) is 14.5. The highest BCUT2D eigenvalue weighted by molar-refractivity contribution is 5.22. The molecule has 0 bridgehead atoms. The van der Waals surface area contributed by atoms with E-state index in [-0.39, 0.29) is 17.7 Å². The van der Waals surface area contributed by atoms with Gasteiger partial charge in [-0.25, -0.2) is 8.78 Å². The molecule has 0 aromatic heterocycles. The van der Waals surface area contributed by atoms with E-state index in [1.54, 1.807) is 0 Å². The first-order valence-electron chi connectivity index (χ1n) is 6.34. The van der Waals surface area contributed by atoms with Crippen LogP contribution in [-0.4, -0.2) is 30.4 Å². The summed E-state index contributed by atoms with van der Waals surface area (Å²) in [6, 6.07) is 3.53. The molecule has 0 aliphatic rings. The summed E-state index contributed by atoms with van der Waals surface area (Å²) in [6.07, 6.45) is -1.22. The van der Waals surface area contributed by atoms with Crippen molar-refractivity contribution in [1.82, 2.24) is 5.32 Å². The second-order valence-corrected chi connectivity index (χ2v) is 4.97. The van der Waals surface area contributed by atoms with E-state index >= 15 is 0 Å². The number of hydrogen-bond acceptors (Lipinski definition) is 3. The summed E-state index contributed by atoms with van der Waals surface area (Å²) >= 11 is 0. The monoisotopic (exact) mass is 273 g/mol. The number of hydrogen-bond donors (Lipinski definition) is 2. The molecule has 0 amide bonds. The number of halogens is 2. The first-order chi connectivity index (χ1) is 8.87. The van der Waals surface area contributed by atoms with Gasteiger partial charge in [-0.1, -0.05) is 6.07 Å². The van der Waals surface area contributed by atoms with Crippen LogP contribution in [0.5, 0.6) is 0 Å². The molecule has 2 N–H and O–H groups in total. The molecule has 0 aliphatic carbocycles. The Labute approximate surface area is 112 Å². The fraction of sp³-hybridized carbons (Fsp3) is 0.571. The summed E-state index contributed by atoms with van der Waals surface area (Å²) in [7, 11) is 0. The third-order valence-corrected chi connectivity index (χ3v) is 2.76. The Morgan fingerprint density at radius 1 is 1.32 bits per heavy atom. The molecular weight excluding hydrogens is 252 g/mol. The van der Waals surface area contributed by atoms with Crippen LogP contribution in [0.2, 0.25) is 0 Å². The Kier molecular flexibility index (Phi) is 5.85. The fourth-order valence-corrected chi connectivity index (χ4v) is 1.88. The highest BCUT2D eigenvalue weighted by Gasteiger charge is 2.20. The van der Waals surface area contributed by atoms with Crippen molar-refractivity contribution in [1.29, 1.82) is 0 Å². The summed E-state index contributed by atoms with van der Waals surface area (Å²) in [5.41, 5.74) is -0.688. The van der Waals surface area contributed by atoms with Crippen molar-refractivity contribution in [3.63, 3.8) is 0 Å². The molecule has 0 saturated heterocycles. The molecule has 0 spiro atoms. The van der Waals surface area contributed by atoms with E-state index in [1.807, 2.05) is 20.8 Å². The van der Waals surface area contributed by atoms with E-state index < -0.39 is 17.7 Å². The summed E-state index contributed by atoms with van der Waals surface area (Å²) < 4.78 is 32.3. The minimum absolute atomic E-state index is 0.0638. The van der Waals surface area contributed by atoms with Crippen LogP contribution in [0.15, 0.2) is 18.2 Å². The molecule has 0 heterocycles. The van der Waals surface area contributed by atoms with Crippen molar-refractivity contribution in [2.75, 3.05) is 19.7 Å². The standard InChI is InChI=1S/C14H21F2NO2/c1-4-19-14(2,3)9-17-8-12(18)13-10(15)6-5-7-11(13)16/h5-7,12,17-18H,4,8-9H2,1-3H3. The van der Waals surface area contributed by atoms with Gasteiger partial charge < -0.3 is 15.2 Å². The lowest BCUT2D eigenvalue weighted by molar-refractivity contribution is -0.0105. The van der Waals surface area contributed by atoms with Gasteiger partial charge in [0.1, 0.15) is 11.6 Å². The quantitative estimate of drug-likeness (QED) is 0.801. The van der Waals surface area contributed by atoms with E-state index in [0.29, 0.717) is 13.2 Å². The molecular formula is C14H21F2NO2. The topological polar surface area (TPSA) is 41.5 Å². The Morgan fingerprint density at radius 3 is 2.42 bits per heavy atom. The van der Waals surface area contributed by atoms with E-state index in [0.717, 1.165) is 12.1 Å². The van der Waals surface area contributed by atoms with E-state index in [9.17, 15) is 13.9 Å². The predicted molar refractivity (Wildman–Crippen MR) is 69.9 cm³/mol. The van der Waals surface area contributed by atoms with Gasteiger partial charge in [0.25, 0.3) is 0 Å². The van der Waals surface area contributed by atoms with Crippen LogP contribution < -0.4 is 5.32 Å². The van der Waals surface area contributed by atoms with Gasteiger partial charge in [-0.15, -0.1) is 0 Å². The van der Waals surface area contributed by atoms with Gasteiger partial charge in [-0.2, -0.15) is 0 Å². The number of rotatable bonds is 7. The van der Waals surface area contributed by atoms with Crippen LogP contribution in [0.4, 0.5) is 8.78 Å². The highest BCUT2D eigenvalue weighted by atomic mass is 19.1. The van der Waals surface area contributed by atoms with Crippen LogP contribution in [0.25, 0.3) is 0 Å². The first-order valence-corrected chi connectivity index (χ1v) is 6.34. The molecule has 3 nitrogen and oxygen atoms in total. The smallest absolute Gasteiger partial charge is 0.131 e. The van der Waals surface area contributed by atoms with E-state index in [4.69, 9.17) is 4.74 Å². The van der Waals surface area contributed by atoms with Gasteiger partial charge >= 0.3 is 0 Å². The SMILES string of the molecule is CCOC(C)(C)CNCC(O)c1c(F)cccc1F. The third kappa shape index (κ3) is 4.86. The molecule has 1 aromatic rings. The lowest BCUT2D eigenvalue weighted by Gasteiger charge is -2.25. The minimum atomic E-state index is -1.22. The molecule has 108 valence electrons. The molecule has 5 heteroatoms. The van der Waals surface area contributed by atoms with Crippen molar-refractivity contribution >= 4 is 0 Å². The summed E-state index contributed by atoms with van der Waals surface area (Å²) in [4.78, 5) is 0. The summed E-state index contributed by atoms with van der Waals surface area (Å²) in [5.74, 6) is -1.48. The number of benzene rings is 1. The van der Waals surface area contributed by atoms with Gasteiger partial charge in [-0.05, 0) is 32.9 Å². The highest BCUT2D eigenvalue weighted by Crippen LogP contribution is 2.20. The van der Waals surface area contributed by atoms with E-state index in [2.05, 4.69) is 5.32 Å². The van der Waals surface area contributed by atoms with Crippen LogP contribution in [-0.2, 0) is 4.74 Å². The van der Waals surface area contributed by atoms with Crippen molar-refractivity contribution in [2.45, 2.75) is 32.5 Å². The zero-order valence-electron chi connectivity index (χ0n) is 11.5. The Morgan fingerprint density at radius 2 is 1.89 bits per heavy atom. The number of nitrogens with one attached hydrogen (secondary N) is 1. The normalized spacial score (nSPS) is 13.6. The predicted octanol–water partition coefficient (Wildman–Crippen LogP) is 2.40. The summed E-state index contributed by atoms with van der Waals surface area (Å²) in [5, 5.41) is 12.8. The first kappa shape index (κ1) is 16.0. The zero-order valence-corrected chi connectivity index (χ0v) is 11.5. The molecule has 1 aromatic carbocycles. The molecule has 0 aliphatic heterocycles. The van der Waals surface area contributed by atoms with Gasteiger partial charge in [-0.3, -0.25) is 0 Å². The van der Waals surface area contributed by atoms with Crippen molar-refractivity contribution in [3.05, 3.63) is 35.4 Å². The largest absolute Gasteiger partial charge is 0.387 e. The van der Waals surface area contributed by atoms with Crippen molar-refractivity contribution in [2.24, 2.45) is 0 Å². The Bertz CT molecular complexity index is 390. The van der Waals surface area contributed by atoms with Crippen LogP contribution >= 0.6 is 0 Å². The summed E-state index contributed by atoms with van der Waals surface area (Å²) in [6.45, 7) is 6.83. The maximum Gasteiger partial charge on any atom is 0.131 e. The van der Waals surface area contributed by atoms with Crippen molar-refractivity contribution < 1.29 is 18.6 Å². The maximum atomic E-state index is 13.4.